The molecule has 2 rings (SSSR count). The summed E-state index contributed by atoms with van der Waals surface area (Å²) in [6, 6.07) is 3.51. The second-order valence-corrected chi connectivity index (χ2v) is 6.52. The highest BCUT2D eigenvalue weighted by Crippen LogP contribution is 2.21. The second kappa shape index (κ2) is 6.31. The Morgan fingerprint density at radius 1 is 1.36 bits per heavy atom. The molecule has 5 nitrogen and oxygen atoms in total. The van der Waals surface area contributed by atoms with Crippen LogP contribution in [0, 0.1) is 12.7 Å². The number of sulfonamides is 1. The van der Waals surface area contributed by atoms with Crippen LogP contribution in [0.2, 0.25) is 0 Å². The largest absolute Gasteiger partial charge is 0.466 e. The van der Waals surface area contributed by atoms with Crippen molar-refractivity contribution in [3.63, 3.8) is 0 Å². The third kappa shape index (κ3) is 3.36. The zero-order valence-corrected chi connectivity index (χ0v) is 13.0. The zero-order chi connectivity index (χ0) is 16.3. The maximum absolute atomic E-state index is 13.3. The highest BCUT2D eigenvalue weighted by Gasteiger charge is 2.22. The summed E-state index contributed by atoms with van der Waals surface area (Å²) in [7, 11) is -2.67. The number of hydrogen-bond acceptors (Lipinski definition) is 4. The highest BCUT2D eigenvalue weighted by atomic mass is 32.2. The number of allylic oxidation sites excluding steroid dienone is 2. The predicted molar refractivity (Wildman–Crippen MR) is 78.9 cm³/mol. The van der Waals surface area contributed by atoms with Crippen molar-refractivity contribution in [1.29, 1.82) is 0 Å². The first-order valence-electron chi connectivity index (χ1n) is 6.62. The fourth-order valence-electron chi connectivity index (χ4n) is 2.08. The van der Waals surface area contributed by atoms with Crippen LogP contribution in [0.1, 0.15) is 18.4 Å². The van der Waals surface area contributed by atoms with Gasteiger partial charge < -0.3 is 4.74 Å². The first-order chi connectivity index (χ1) is 10.3. The van der Waals surface area contributed by atoms with E-state index in [2.05, 4.69) is 9.46 Å². The van der Waals surface area contributed by atoms with Crippen molar-refractivity contribution < 1.29 is 22.3 Å². The van der Waals surface area contributed by atoms with Crippen molar-refractivity contribution in [2.24, 2.45) is 0 Å². The number of hydrogen-bond donors (Lipinski definition) is 1. The molecule has 118 valence electrons. The van der Waals surface area contributed by atoms with Gasteiger partial charge in [0.25, 0.3) is 10.0 Å². The van der Waals surface area contributed by atoms with Crippen molar-refractivity contribution in [3.8, 4) is 0 Å². The number of carbonyl (C=O) groups is 1. The van der Waals surface area contributed by atoms with Gasteiger partial charge >= 0.3 is 5.97 Å². The number of halogens is 1. The normalized spacial score (nSPS) is 14.9. The van der Waals surface area contributed by atoms with E-state index in [1.807, 2.05) is 0 Å². The van der Waals surface area contributed by atoms with Crippen LogP contribution in [0.4, 0.5) is 4.39 Å². The van der Waals surface area contributed by atoms with Crippen LogP contribution < -0.4 is 4.72 Å². The molecule has 0 atom stereocenters. The standard InChI is InChI=1S/C15H16FNO4S/c1-10-9-11(7-8-13(10)16)22(19,20)17-14-6-4-3-5-12(14)15(18)21-2/h4,6-9,17H,3,5H2,1-2H3. The summed E-state index contributed by atoms with van der Waals surface area (Å²) in [6.45, 7) is 1.48. The smallest absolute Gasteiger partial charge is 0.335 e. The molecule has 0 spiro atoms. The lowest BCUT2D eigenvalue weighted by Gasteiger charge is -2.16. The minimum absolute atomic E-state index is 0.0675. The number of aryl methyl sites for hydroxylation is 1. The SMILES string of the molecule is COC(=O)C1=C(NS(=O)(=O)c2ccc(F)c(C)c2)C=CCC1. The minimum atomic E-state index is -3.91. The number of benzene rings is 1. The van der Waals surface area contributed by atoms with Crippen molar-refractivity contribution >= 4 is 16.0 Å². The number of rotatable bonds is 4. The van der Waals surface area contributed by atoms with Gasteiger partial charge in [0.05, 0.1) is 23.3 Å². The van der Waals surface area contributed by atoms with E-state index in [1.165, 1.54) is 32.2 Å². The van der Waals surface area contributed by atoms with Crippen LogP contribution in [0.5, 0.6) is 0 Å². The number of esters is 1. The van der Waals surface area contributed by atoms with Crippen LogP contribution in [0.15, 0.2) is 46.5 Å². The molecule has 0 radical (unpaired) electrons. The fraction of sp³-hybridized carbons (Fsp3) is 0.267. The summed E-state index contributed by atoms with van der Waals surface area (Å²) in [5, 5.41) is 0. The van der Waals surface area contributed by atoms with E-state index in [9.17, 15) is 17.6 Å². The van der Waals surface area contributed by atoms with Gasteiger partial charge in [-0.15, -0.1) is 0 Å². The third-order valence-electron chi connectivity index (χ3n) is 3.29. The molecule has 1 aromatic rings. The maximum Gasteiger partial charge on any atom is 0.335 e. The molecule has 0 bridgehead atoms. The first kappa shape index (κ1) is 16.2. The van der Waals surface area contributed by atoms with Gasteiger partial charge in [0.1, 0.15) is 5.82 Å². The Kier molecular flexibility index (Phi) is 4.65. The average molecular weight is 325 g/mol. The van der Waals surface area contributed by atoms with E-state index in [1.54, 1.807) is 6.08 Å². The van der Waals surface area contributed by atoms with Gasteiger partial charge in [-0.2, -0.15) is 0 Å². The molecule has 7 heteroatoms. The summed E-state index contributed by atoms with van der Waals surface area (Å²) in [4.78, 5) is 11.6. The van der Waals surface area contributed by atoms with Crippen LogP contribution in [-0.2, 0) is 19.6 Å². The van der Waals surface area contributed by atoms with Crippen molar-refractivity contribution in [2.75, 3.05) is 7.11 Å². The van der Waals surface area contributed by atoms with E-state index < -0.39 is 21.8 Å². The molecule has 0 unspecified atom stereocenters. The number of carbonyl (C=O) groups excluding carboxylic acids is 1. The molecule has 1 aliphatic rings. The van der Waals surface area contributed by atoms with Gasteiger partial charge in [0.2, 0.25) is 0 Å². The van der Waals surface area contributed by atoms with Crippen molar-refractivity contribution in [2.45, 2.75) is 24.7 Å². The summed E-state index contributed by atoms with van der Waals surface area (Å²) in [6.07, 6.45) is 4.32. The van der Waals surface area contributed by atoms with Gasteiger partial charge in [0, 0.05) is 0 Å². The molecule has 0 saturated carbocycles. The lowest BCUT2D eigenvalue weighted by molar-refractivity contribution is -0.136. The molecule has 0 aliphatic heterocycles. The summed E-state index contributed by atoms with van der Waals surface area (Å²) >= 11 is 0. The van der Waals surface area contributed by atoms with E-state index in [0.717, 1.165) is 6.07 Å². The highest BCUT2D eigenvalue weighted by molar-refractivity contribution is 7.89. The molecule has 0 amide bonds. The predicted octanol–water partition coefficient (Wildman–Crippen LogP) is 2.19. The van der Waals surface area contributed by atoms with E-state index in [-0.39, 0.29) is 21.7 Å². The Bertz CT molecular complexity index is 766. The summed E-state index contributed by atoms with van der Waals surface area (Å²) in [5.41, 5.74) is 0.678. The fourth-order valence-corrected chi connectivity index (χ4v) is 3.26. The average Bonchev–Trinajstić information content (AvgIpc) is 2.49. The molecule has 1 aromatic carbocycles. The quantitative estimate of drug-likeness (QED) is 0.861. The number of nitrogens with one attached hydrogen (secondary N) is 1. The molecule has 0 saturated heterocycles. The monoisotopic (exact) mass is 325 g/mol. The van der Waals surface area contributed by atoms with Gasteiger partial charge in [-0.25, -0.2) is 17.6 Å². The summed E-state index contributed by atoms with van der Waals surface area (Å²) < 4.78 is 45.0. The molecule has 0 aromatic heterocycles. The number of ether oxygens (including phenoxy) is 1. The Balaban J connectivity index is 2.38. The molecule has 1 N–H and O–H groups in total. The lowest BCUT2D eigenvalue weighted by Crippen LogP contribution is -2.26. The molecular weight excluding hydrogens is 309 g/mol. The van der Waals surface area contributed by atoms with Gasteiger partial charge in [0.15, 0.2) is 0 Å². The van der Waals surface area contributed by atoms with Gasteiger partial charge in [-0.1, -0.05) is 6.08 Å². The topological polar surface area (TPSA) is 72.5 Å². The van der Waals surface area contributed by atoms with Gasteiger partial charge in [-0.3, -0.25) is 4.72 Å². The van der Waals surface area contributed by atoms with E-state index in [0.29, 0.717) is 12.8 Å². The van der Waals surface area contributed by atoms with E-state index >= 15 is 0 Å². The first-order valence-corrected chi connectivity index (χ1v) is 8.10. The van der Waals surface area contributed by atoms with Crippen LogP contribution in [-0.4, -0.2) is 21.5 Å². The van der Waals surface area contributed by atoms with Crippen LogP contribution >= 0.6 is 0 Å². The zero-order valence-electron chi connectivity index (χ0n) is 12.2. The third-order valence-corrected chi connectivity index (χ3v) is 4.65. The Morgan fingerprint density at radius 2 is 2.09 bits per heavy atom. The lowest BCUT2D eigenvalue weighted by atomic mass is 10.0. The van der Waals surface area contributed by atoms with E-state index in [4.69, 9.17) is 0 Å². The van der Waals surface area contributed by atoms with Crippen molar-refractivity contribution in [1.82, 2.24) is 4.72 Å². The van der Waals surface area contributed by atoms with Crippen LogP contribution in [0.3, 0.4) is 0 Å². The van der Waals surface area contributed by atoms with Gasteiger partial charge in [-0.05, 0) is 49.6 Å². The maximum atomic E-state index is 13.3. The number of methoxy groups -OCH3 is 1. The van der Waals surface area contributed by atoms with Crippen LogP contribution in [0.25, 0.3) is 0 Å². The molecule has 1 aliphatic carbocycles. The molecule has 22 heavy (non-hydrogen) atoms. The molecular formula is C15H16FNO4S. The minimum Gasteiger partial charge on any atom is -0.466 e. The second-order valence-electron chi connectivity index (χ2n) is 4.84. The summed E-state index contributed by atoms with van der Waals surface area (Å²) in [5.74, 6) is -1.05. The Hall–Kier alpha value is -2.15. The molecule has 0 fully saturated rings. The molecule has 0 heterocycles. The van der Waals surface area contributed by atoms with Crippen molar-refractivity contribution in [3.05, 3.63) is 53.0 Å². The Labute approximate surface area is 128 Å². The Morgan fingerprint density at radius 3 is 2.73 bits per heavy atom.